The smallest absolute Gasteiger partial charge is 0.341 e. The van der Waals surface area contributed by atoms with E-state index in [1.54, 1.807) is 0 Å². The molecule has 152 valence electrons. The molecule has 4 rings (SSSR count). The molecule has 29 heavy (non-hydrogen) atoms. The highest BCUT2D eigenvalue weighted by molar-refractivity contribution is 7.17. The second-order valence-corrected chi connectivity index (χ2v) is 7.58. The first-order chi connectivity index (χ1) is 13.7. The maximum absolute atomic E-state index is 12.4. The molecule has 0 radical (unpaired) electrons. The van der Waals surface area contributed by atoms with E-state index in [2.05, 4.69) is 27.5 Å². The van der Waals surface area contributed by atoms with E-state index in [9.17, 15) is 9.59 Å². The average Bonchev–Trinajstić information content (AvgIpc) is 3.36. The molecular formula is C20H20ClN3O4S. The lowest BCUT2D eigenvalue weighted by Crippen LogP contribution is -2.29. The van der Waals surface area contributed by atoms with Gasteiger partial charge in [0, 0.05) is 30.6 Å². The Kier molecular flexibility index (Phi) is 6.68. The third-order valence-electron chi connectivity index (χ3n) is 4.66. The largest absolute Gasteiger partial charge is 0.465 e. The van der Waals surface area contributed by atoms with Crippen molar-refractivity contribution in [2.24, 2.45) is 0 Å². The number of fused-ring (bicyclic) bond motifs is 1. The van der Waals surface area contributed by atoms with E-state index in [0.29, 0.717) is 10.6 Å². The summed E-state index contributed by atoms with van der Waals surface area (Å²) in [6.45, 7) is 2.39. The standard InChI is InChI=1S/C20H19N3O4S.ClH/c1-26-20(25)17-14-8-10-23(11-13-5-3-2-4-6-13)12-16(14)28-19(17)22-18(24)15-7-9-21-27-15;/h2-7,9H,8,10-12H2,1H3,(H,22,24);1H. The molecule has 0 atom stereocenters. The lowest BCUT2D eigenvalue weighted by atomic mass is 10.0. The molecule has 3 heterocycles. The normalized spacial score (nSPS) is 13.3. The van der Waals surface area contributed by atoms with Crippen molar-refractivity contribution in [3.8, 4) is 0 Å². The zero-order valence-electron chi connectivity index (χ0n) is 15.7. The SMILES string of the molecule is COC(=O)c1c(NC(=O)c2ccno2)sc2c1CCN(Cc1ccccc1)C2.Cl. The van der Waals surface area contributed by atoms with Crippen LogP contribution < -0.4 is 5.32 Å². The molecule has 0 saturated carbocycles. The number of anilines is 1. The lowest BCUT2D eigenvalue weighted by molar-refractivity contribution is 0.0600. The number of methoxy groups -OCH3 is 1. The molecule has 0 unspecified atom stereocenters. The summed E-state index contributed by atoms with van der Waals surface area (Å²) in [6, 6.07) is 11.7. The Labute approximate surface area is 178 Å². The molecule has 0 bridgehead atoms. The first kappa shape index (κ1) is 21.0. The van der Waals surface area contributed by atoms with Crippen molar-refractivity contribution in [2.45, 2.75) is 19.5 Å². The summed E-state index contributed by atoms with van der Waals surface area (Å²) in [4.78, 5) is 28.1. The van der Waals surface area contributed by atoms with Crippen LogP contribution in [0.25, 0.3) is 0 Å². The molecule has 1 aliphatic heterocycles. The van der Waals surface area contributed by atoms with E-state index in [1.165, 1.54) is 36.3 Å². The number of halogens is 1. The Balaban J connectivity index is 0.00000240. The average molecular weight is 434 g/mol. The van der Waals surface area contributed by atoms with Crippen LogP contribution in [0.5, 0.6) is 0 Å². The van der Waals surface area contributed by atoms with Gasteiger partial charge in [0.25, 0.3) is 5.91 Å². The molecule has 2 aromatic heterocycles. The van der Waals surface area contributed by atoms with Crippen LogP contribution in [0.4, 0.5) is 5.00 Å². The molecular weight excluding hydrogens is 414 g/mol. The monoisotopic (exact) mass is 433 g/mol. The molecule has 1 aliphatic rings. The van der Waals surface area contributed by atoms with Crippen molar-refractivity contribution in [1.29, 1.82) is 0 Å². The van der Waals surface area contributed by atoms with E-state index in [1.807, 2.05) is 18.2 Å². The summed E-state index contributed by atoms with van der Waals surface area (Å²) >= 11 is 1.41. The highest BCUT2D eigenvalue weighted by Gasteiger charge is 2.29. The van der Waals surface area contributed by atoms with Crippen LogP contribution in [0.3, 0.4) is 0 Å². The minimum atomic E-state index is -0.443. The Morgan fingerprint density at radius 3 is 2.76 bits per heavy atom. The van der Waals surface area contributed by atoms with Gasteiger partial charge in [0.2, 0.25) is 5.76 Å². The molecule has 1 N–H and O–H groups in total. The Hall–Kier alpha value is -2.68. The first-order valence-electron chi connectivity index (χ1n) is 8.87. The van der Waals surface area contributed by atoms with Crippen molar-refractivity contribution in [2.75, 3.05) is 19.0 Å². The van der Waals surface area contributed by atoms with Crippen molar-refractivity contribution >= 4 is 40.6 Å². The molecule has 0 saturated heterocycles. The number of nitrogens with one attached hydrogen (secondary N) is 1. The Bertz CT molecular complexity index is 989. The van der Waals surface area contributed by atoms with E-state index in [-0.39, 0.29) is 18.2 Å². The first-order valence-corrected chi connectivity index (χ1v) is 9.68. The van der Waals surface area contributed by atoms with Crippen LogP contribution in [0.15, 0.2) is 47.1 Å². The van der Waals surface area contributed by atoms with Crippen molar-refractivity contribution < 1.29 is 18.8 Å². The van der Waals surface area contributed by atoms with E-state index >= 15 is 0 Å². The summed E-state index contributed by atoms with van der Waals surface area (Å²) in [6.07, 6.45) is 2.12. The molecule has 0 spiro atoms. The predicted molar refractivity (Wildman–Crippen MR) is 112 cm³/mol. The zero-order valence-corrected chi connectivity index (χ0v) is 17.3. The summed E-state index contributed by atoms with van der Waals surface area (Å²) in [7, 11) is 1.35. The van der Waals surface area contributed by atoms with Crippen molar-refractivity contribution in [3.63, 3.8) is 0 Å². The van der Waals surface area contributed by atoms with Gasteiger partial charge in [-0.25, -0.2) is 4.79 Å². The van der Waals surface area contributed by atoms with Crippen molar-refractivity contribution in [3.05, 3.63) is 69.9 Å². The molecule has 0 aliphatic carbocycles. The quantitative estimate of drug-likeness (QED) is 0.617. The van der Waals surface area contributed by atoms with Gasteiger partial charge in [0.05, 0.1) is 18.9 Å². The second kappa shape index (κ2) is 9.21. The minimum absolute atomic E-state index is 0. The highest BCUT2D eigenvalue weighted by Crippen LogP contribution is 2.38. The number of esters is 1. The fourth-order valence-corrected chi connectivity index (χ4v) is 4.61. The van der Waals surface area contributed by atoms with Gasteiger partial charge >= 0.3 is 5.97 Å². The van der Waals surface area contributed by atoms with Crippen LogP contribution in [0.2, 0.25) is 0 Å². The summed E-state index contributed by atoms with van der Waals surface area (Å²) in [5.41, 5.74) is 2.64. The number of rotatable bonds is 5. The molecule has 0 fully saturated rings. The summed E-state index contributed by atoms with van der Waals surface area (Å²) in [5, 5.41) is 6.81. The lowest BCUT2D eigenvalue weighted by Gasteiger charge is -2.27. The van der Waals surface area contributed by atoms with E-state index in [4.69, 9.17) is 9.26 Å². The number of aromatic nitrogens is 1. The van der Waals surface area contributed by atoms with Gasteiger partial charge in [0.1, 0.15) is 5.00 Å². The second-order valence-electron chi connectivity index (χ2n) is 6.48. The molecule has 1 amide bonds. The van der Waals surface area contributed by atoms with Gasteiger partial charge in [-0.15, -0.1) is 23.7 Å². The number of ether oxygens (including phenoxy) is 1. The van der Waals surface area contributed by atoms with Crippen molar-refractivity contribution in [1.82, 2.24) is 10.1 Å². The number of amides is 1. The van der Waals surface area contributed by atoms with Crippen LogP contribution in [0.1, 0.15) is 36.9 Å². The van der Waals surface area contributed by atoms with Crippen LogP contribution >= 0.6 is 23.7 Å². The Morgan fingerprint density at radius 1 is 1.28 bits per heavy atom. The molecule has 9 heteroatoms. The molecule has 3 aromatic rings. The van der Waals surface area contributed by atoms with Crippen LogP contribution in [0, 0.1) is 0 Å². The number of thiophene rings is 1. The number of carbonyl (C=O) groups is 2. The number of carbonyl (C=O) groups excluding carboxylic acids is 2. The van der Waals surface area contributed by atoms with Gasteiger partial charge in [-0.05, 0) is 17.5 Å². The number of hydrogen-bond donors (Lipinski definition) is 1. The van der Waals surface area contributed by atoms with E-state index in [0.717, 1.165) is 36.5 Å². The van der Waals surface area contributed by atoms with Gasteiger partial charge in [-0.3, -0.25) is 9.69 Å². The summed E-state index contributed by atoms with van der Waals surface area (Å²) in [5.74, 6) is -0.794. The molecule has 7 nitrogen and oxygen atoms in total. The fourth-order valence-electron chi connectivity index (χ4n) is 3.34. The predicted octanol–water partition coefficient (Wildman–Crippen LogP) is 3.76. The topological polar surface area (TPSA) is 84.7 Å². The number of nitrogens with zero attached hydrogens (tertiary/aromatic N) is 2. The fraction of sp³-hybridized carbons (Fsp3) is 0.250. The minimum Gasteiger partial charge on any atom is -0.465 e. The zero-order chi connectivity index (χ0) is 19.5. The van der Waals surface area contributed by atoms with Gasteiger partial charge in [-0.1, -0.05) is 35.5 Å². The van der Waals surface area contributed by atoms with Crippen LogP contribution in [-0.4, -0.2) is 35.6 Å². The maximum Gasteiger partial charge on any atom is 0.341 e. The van der Waals surface area contributed by atoms with Crippen LogP contribution in [-0.2, 0) is 24.2 Å². The summed E-state index contributed by atoms with van der Waals surface area (Å²) < 4.78 is 9.86. The third kappa shape index (κ3) is 4.50. The number of hydrogen-bond acceptors (Lipinski definition) is 7. The van der Waals surface area contributed by atoms with Gasteiger partial charge in [0.15, 0.2) is 0 Å². The third-order valence-corrected chi connectivity index (χ3v) is 5.80. The molecule has 1 aromatic carbocycles. The van der Waals surface area contributed by atoms with E-state index < -0.39 is 11.9 Å². The van der Waals surface area contributed by atoms with Gasteiger partial charge < -0.3 is 14.6 Å². The number of benzene rings is 1. The highest BCUT2D eigenvalue weighted by atomic mass is 35.5. The Morgan fingerprint density at radius 2 is 2.07 bits per heavy atom. The maximum atomic E-state index is 12.4. The van der Waals surface area contributed by atoms with Gasteiger partial charge in [-0.2, -0.15) is 0 Å².